The molecule has 1 aromatic heterocycles. The number of hydrogen-bond donors (Lipinski definition) is 1. The maximum absolute atomic E-state index is 12.9. The molecule has 4 rings (SSSR count). The predicted octanol–water partition coefficient (Wildman–Crippen LogP) is 5.60. The molecule has 4 aromatic rings. The maximum atomic E-state index is 12.9. The Kier molecular flexibility index (Phi) is 5.22. The zero-order valence-electron chi connectivity index (χ0n) is 16.6. The van der Waals surface area contributed by atoms with Crippen molar-refractivity contribution in [2.24, 2.45) is 0 Å². The fourth-order valence-electron chi connectivity index (χ4n) is 3.16. The summed E-state index contributed by atoms with van der Waals surface area (Å²) in [6.45, 7) is 1.96. The monoisotopic (exact) mass is 400 g/mol. The lowest BCUT2D eigenvalue weighted by atomic mass is 10.1. The highest BCUT2D eigenvalue weighted by atomic mass is 16.6. The molecule has 3 aromatic carbocycles. The summed E-state index contributed by atoms with van der Waals surface area (Å²) in [5.41, 5.74) is 1.94. The summed E-state index contributed by atoms with van der Waals surface area (Å²) < 4.78 is 10.4. The van der Waals surface area contributed by atoms with Gasteiger partial charge in [-0.15, -0.1) is 0 Å². The molecule has 0 fully saturated rings. The van der Waals surface area contributed by atoms with Crippen LogP contribution in [0.5, 0.6) is 5.75 Å². The molecule has 30 heavy (non-hydrogen) atoms. The number of fused-ring (bicyclic) bond motifs is 1. The molecule has 0 bridgehead atoms. The number of carbonyl (C=O) groups is 2. The second kappa shape index (κ2) is 8.13. The number of carbonyl (C=O) groups excluding carboxylic acids is 2. The number of benzene rings is 3. The van der Waals surface area contributed by atoms with E-state index in [2.05, 4.69) is 4.98 Å². The molecule has 1 heterocycles. The number of methoxy groups -OCH3 is 1. The Labute approximate surface area is 173 Å². The molecule has 0 saturated carbocycles. The van der Waals surface area contributed by atoms with Crippen LogP contribution in [0.1, 0.15) is 15.9 Å². The number of aromatic amines is 1. The SMILES string of the molecule is COc1ccc2cc(C(=O)OC(=O)N(c3ccc(C)cc3)c3ccc[nH]3)ccc2c1. The number of aryl methyl sites for hydroxylation is 1. The zero-order chi connectivity index (χ0) is 21.1. The number of hydrogen-bond acceptors (Lipinski definition) is 4. The molecule has 0 radical (unpaired) electrons. The molecule has 150 valence electrons. The van der Waals surface area contributed by atoms with E-state index in [1.807, 2.05) is 37.3 Å². The molecule has 0 aliphatic carbocycles. The van der Waals surface area contributed by atoms with Crippen molar-refractivity contribution in [3.8, 4) is 5.75 Å². The summed E-state index contributed by atoms with van der Waals surface area (Å²) in [6.07, 6.45) is 0.907. The summed E-state index contributed by atoms with van der Waals surface area (Å²) >= 11 is 0. The van der Waals surface area contributed by atoms with Gasteiger partial charge < -0.3 is 14.5 Å². The summed E-state index contributed by atoms with van der Waals surface area (Å²) in [7, 11) is 1.60. The quantitative estimate of drug-likeness (QED) is 0.357. The number of rotatable bonds is 4. The predicted molar refractivity (Wildman–Crippen MR) is 115 cm³/mol. The average Bonchev–Trinajstić information content (AvgIpc) is 3.28. The van der Waals surface area contributed by atoms with Crippen molar-refractivity contribution in [3.05, 3.63) is 90.1 Å². The van der Waals surface area contributed by atoms with Crippen LogP contribution >= 0.6 is 0 Å². The third-order valence-electron chi connectivity index (χ3n) is 4.76. The van der Waals surface area contributed by atoms with Crippen LogP contribution in [0.3, 0.4) is 0 Å². The van der Waals surface area contributed by atoms with Gasteiger partial charge in [0.15, 0.2) is 0 Å². The Morgan fingerprint density at radius 3 is 2.33 bits per heavy atom. The third-order valence-corrected chi connectivity index (χ3v) is 4.76. The second-order valence-electron chi connectivity index (χ2n) is 6.81. The molecule has 0 aliphatic rings. The molecule has 0 saturated heterocycles. The minimum atomic E-state index is -0.791. The first-order valence-corrected chi connectivity index (χ1v) is 9.39. The van der Waals surface area contributed by atoms with Gasteiger partial charge in [-0.1, -0.05) is 29.8 Å². The lowest BCUT2D eigenvalue weighted by molar-refractivity contribution is 0.0638. The maximum Gasteiger partial charge on any atom is 0.428 e. The van der Waals surface area contributed by atoms with Crippen LogP contribution in [0, 0.1) is 6.92 Å². The van der Waals surface area contributed by atoms with Gasteiger partial charge in [-0.05, 0) is 66.2 Å². The largest absolute Gasteiger partial charge is 0.497 e. The normalized spacial score (nSPS) is 10.6. The smallest absolute Gasteiger partial charge is 0.428 e. The summed E-state index contributed by atoms with van der Waals surface area (Å²) in [5.74, 6) is 0.510. The van der Waals surface area contributed by atoms with Gasteiger partial charge in [-0.2, -0.15) is 0 Å². The van der Waals surface area contributed by atoms with E-state index in [-0.39, 0.29) is 5.56 Å². The van der Waals surface area contributed by atoms with Crippen molar-refractivity contribution in [2.45, 2.75) is 6.92 Å². The molecule has 6 heteroatoms. The van der Waals surface area contributed by atoms with Crippen molar-refractivity contribution in [1.82, 2.24) is 4.98 Å². The van der Waals surface area contributed by atoms with Crippen molar-refractivity contribution in [3.63, 3.8) is 0 Å². The fraction of sp³-hybridized carbons (Fsp3) is 0.0833. The van der Waals surface area contributed by atoms with Crippen LogP contribution in [0.15, 0.2) is 79.0 Å². The van der Waals surface area contributed by atoms with Crippen LogP contribution in [0.4, 0.5) is 16.3 Å². The second-order valence-corrected chi connectivity index (χ2v) is 6.81. The summed E-state index contributed by atoms with van der Waals surface area (Å²) in [4.78, 5) is 29.9. The number of ether oxygens (including phenoxy) is 2. The van der Waals surface area contributed by atoms with Crippen LogP contribution < -0.4 is 9.64 Å². The standard InChI is InChI=1S/C24H20N2O4/c1-16-5-10-20(11-6-16)26(22-4-3-13-25-22)24(28)30-23(27)19-8-7-18-15-21(29-2)12-9-17(18)14-19/h3-15,25H,1-2H3. The van der Waals surface area contributed by atoms with E-state index >= 15 is 0 Å². The van der Waals surface area contributed by atoms with Gasteiger partial charge in [-0.25, -0.2) is 14.5 Å². The number of aromatic nitrogens is 1. The number of nitrogens with zero attached hydrogens (tertiary/aromatic N) is 1. The first-order valence-electron chi connectivity index (χ1n) is 9.39. The van der Waals surface area contributed by atoms with E-state index in [0.717, 1.165) is 22.1 Å². The van der Waals surface area contributed by atoms with Crippen LogP contribution in [0.25, 0.3) is 10.8 Å². The van der Waals surface area contributed by atoms with E-state index in [9.17, 15) is 9.59 Å². The van der Waals surface area contributed by atoms with E-state index in [1.54, 1.807) is 55.8 Å². The molecule has 0 unspecified atom stereocenters. The highest BCUT2D eigenvalue weighted by Gasteiger charge is 2.24. The highest BCUT2D eigenvalue weighted by molar-refractivity contribution is 6.05. The molecule has 0 atom stereocenters. The first kappa shape index (κ1) is 19.3. The van der Waals surface area contributed by atoms with Crippen molar-refractivity contribution >= 4 is 34.3 Å². The lowest BCUT2D eigenvalue weighted by Crippen LogP contribution is -2.29. The third kappa shape index (κ3) is 3.89. The molecule has 0 aliphatic heterocycles. The van der Waals surface area contributed by atoms with Crippen molar-refractivity contribution in [2.75, 3.05) is 12.0 Å². The van der Waals surface area contributed by atoms with Crippen LogP contribution in [-0.2, 0) is 4.74 Å². The lowest BCUT2D eigenvalue weighted by Gasteiger charge is -2.20. The van der Waals surface area contributed by atoms with Gasteiger partial charge in [0.05, 0.1) is 18.4 Å². The van der Waals surface area contributed by atoms with Crippen molar-refractivity contribution in [1.29, 1.82) is 0 Å². The number of H-pyrrole nitrogens is 1. The average molecular weight is 400 g/mol. The van der Waals surface area contributed by atoms with Gasteiger partial charge in [-0.3, -0.25) is 0 Å². The number of anilines is 2. The molecular formula is C24H20N2O4. The minimum Gasteiger partial charge on any atom is -0.497 e. The summed E-state index contributed by atoms with van der Waals surface area (Å²) in [5, 5.41) is 1.77. The Hall–Kier alpha value is -4.06. The molecule has 0 spiro atoms. The highest BCUT2D eigenvalue weighted by Crippen LogP contribution is 2.26. The summed E-state index contributed by atoms with van der Waals surface area (Å²) in [6, 6.07) is 21.5. The van der Waals surface area contributed by atoms with E-state index < -0.39 is 12.1 Å². The number of esters is 1. The molecule has 1 N–H and O–H groups in total. The Bertz CT molecular complexity index is 1200. The Balaban J connectivity index is 1.59. The van der Waals surface area contributed by atoms with E-state index in [1.165, 1.54) is 4.90 Å². The molecule has 1 amide bonds. The van der Waals surface area contributed by atoms with Gasteiger partial charge >= 0.3 is 12.1 Å². The zero-order valence-corrected chi connectivity index (χ0v) is 16.6. The van der Waals surface area contributed by atoms with Gasteiger partial charge in [0.1, 0.15) is 11.6 Å². The number of nitrogens with one attached hydrogen (secondary N) is 1. The van der Waals surface area contributed by atoms with E-state index in [0.29, 0.717) is 11.5 Å². The number of amides is 1. The molecular weight excluding hydrogens is 380 g/mol. The fourth-order valence-corrected chi connectivity index (χ4v) is 3.16. The van der Waals surface area contributed by atoms with Crippen LogP contribution in [-0.4, -0.2) is 24.2 Å². The Morgan fingerprint density at radius 1 is 0.900 bits per heavy atom. The van der Waals surface area contributed by atoms with Gasteiger partial charge in [0.25, 0.3) is 0 Å². The molecule has 6 nitrogen and oxygen atoms in total. The van der Waals surface area contributed by atoms with Gasteiger partial charge in [0, 0.05) is 6.20 Å². The van der Waals surface area contributed by atoms with Crippen molar-refractivity contribution < 1.29 is 19.1 Å². The first-order chi connectivity index (χ1) is 14.5. The van der Waals surface area contributed by atoms with Gasteiger partial charge in [0.2, 0.25) is 0 Å². The van der Waals surface area contributed by atoms with E-state index in [4.69, 9.17) is 9.47 Å². The minimum absolute atomic E-state index is 0.288. The Morgan fingerprint density at radius 2 is 1.63 bits per heavy atom. The topological polar surface area (TPSA) is 71.6 Å². The van der Waals surface area contributed by atoms with Crippen LogP contribution in [0.2, 0.25) is 0 Å².